The summed E-state index contributed by atoms with van der Waals surface area (Å²) in [5, 5.41) is 20.9. The number of halogens is 4. The quantitative estimate of drug-likeness (QED) is 0.148. The summed E-state index contributed by atoms with van der Waals surface area (Å²) < 4.78 is 50.1. The van der Waals surface area contributed by atoms with Crippen LogP contribution in [0.25, 0.3) is 11.6 Å². The van der Waals surface area contributed by atoms with Crippen LogP contribution in [-0.4, -0.2) is 12.0 Å². The number of nitriles is 1. The number of nitro benzene ring substituents is 1. The van der Waals surface area contributed by atoms with Crippen LogP contribution in [0.2, 0.25) is 0 Å². The number of nitrogens with zero attached hydrogens (tertiary/aromatic N) is 2. The monoisotopic (exact) mass is 518 g/mol. The highest BCUT2D eigenvalue weighted by molar-refractivity contribution is 9.10. The SMILES string of the molecule is COc1cc(/C=C(\C#N)c2ccccc2)cc(Br)c1Oc1ccc(C(F)(F)F)cc1[N+](=O)[O-]. The molecule has 0 N–H and O–H groups in total. The van der Waals surface area contributed by atoms with E-state index in [0.717, 1.165) is 6.07 Å². The van der Waals surface area contributed by atoms with Crippen LogP contribution < -0.4 is 9.47 Å². The summed E-state index contributed by atoms with van der Waals surface area (Å²) in [7, 11) is 1.34. The Balaban J connectivity index is 2.03. The van der Waals surface area contributed by atoms with Gasteiger partial charge in [-0.25, -0.2) is 0 Å². The van der Waals surface area contributed by atoms with E-state index in [0.29, 0.717) is 33.3 Å². The predicted molar refractivity (Wildman–Crippen MR) is 119 cm³/mol. The molecule has 3 rings (SSSR count). The molecule has 0 unspecified atom stereocenters. The maximum Gasteiger partial charge on any atom is 0.416 e. The van der Waals surface area contributed by atoms with E-state index in [9.17, 15) is 28.5 Å². The molecule has 10 heteroatoms. The van der Waals surface area contributed by atoms with Crippen molar-refractivity contribution in [1.29, 1.82) is 5.26 Å². The van der Waals surface area contributed by atoms with E-state index in [1.165, 1.54) is 13.2 Å². The molecule has 0 heterocycles. The molecule has 0 bridgehead atoms. The molecule has 0 radical (unpaired) electrons. The molecule has 0 aliphatic rings. The number of alkyl halides is 3. The number of rotatable bonds is 6. The lowest BCUT2D eigenvalue weighted by Gasteiger charge is -2.14. The second-order valence-electron chi connectivity index (χ2n) is 6.61. The smallest absolute Gasteiger partial charge is 0.416 e. The van der Waals surface area contributed by atoms with Crippen molar-refractivity contribution in [3.05, 3.63) is 91.9 Å². The molecular formula is C23H14BrF3N2O4. The lowest BCUT2D eigenvalue weighted by atomic mass is 10.0. The van der Waals surface area contributed by atoms with Gasteiger partial charge in [0.2, 0.25) is 5.75 Å². The Morgan fingerprint density at radius 2 is 1.82 bits per heavy atom. The van der Waals surface area contributed by atoms with Gasteiger partial charge in [0, 0.05) is 6.07 Å². The third kappa shape index (κ3) is 5.51. The van der Waals surface area contributed by atoms with E-state index < -0.39 is 28.1 Å². The van der Waals surface area contributed by atoms with Crippen LogP contribution in [0.5, 0.6) is 17.2 Å². The first-order valence-corrected chi connectivity index (χ1v) is 10.0. The zero-order chi connectivity index (χ0) is 24.2. The molecule has 0 atom stereocenters. The van der Waals surface area contributed by atoms with Crippen molar-refractivity contribution in [3.63, 3.8) is 0 Å². The minimum Gasteiger partial charge on any atom is -0.493 e. The van der Waals surface area contributed by atoms with Crippen molar-refractivity contribution in [3.8, 4) is 23.3 Å². The Labute approximate surface area is 194 Å². The van der Waals surface area contributed by atoms with Gasteiger partial charge in [0.05, 0.1) is 33.7 Å². The largest absolute Gasteiger partial charge is 0.493 e. The molecule has 168 valence electrons. The van der Waals surface area contributed by atoms with Crippen LogP contribution in [0.1, 0.15) is 16.7 Å². The maximum absolute atomic E-state index is 13.0. The van der Waals surface area contributed by atoms with Crippen molar-refractivity contribution in [1.82, 2.24) is 0 Å². The summed E-state index contributed by atoms with van der Waals surface area (Å²) in [4.78, 5) is 10.4. The standard InChI is InChI=1S/C23H14BrF3N2O4/c1-32-21-11-14(9-16(13-28)15-5-3-2-4-6-15)10-18(24)22(21)33-20-8-7-17(23(25,26)27)12-19(20)29(30)31/h2-12H,1H3/b16-9+. The fraction of sp³-hybridized carbons (Fsp3) is 0.0870. The number of allylic oxidation sites excluding steroid dienone is 1. The zero-order valence-electron chi connectivity index (χ0n) is 16.9. The van der Waals surface area contributed by atoms with E-state index in [2.05, 4.69) is 22.0 Å². The molecule has 0 fully saturated rings. The van der Waals surface area contributed by atoms with E-state index >= 15 is 0 Å². The van der Waals surface area contributed by atoms with Crippen LogP contribution in [-0.2, 0) is 6.18 Å². The van der Waals surface area contributed by atoms with Gasteiger partial charge in [0.15, 0.2) is 11.5 Å². The van der Waals surface area contributed by atoms with Gasteiger partial charge < -0.3 is 9.47 Å². The predicted octanol–water partition coefficient (Wildman–Crippen LogP) is 7.24. The minimum absolute atomic E-state index is 0.0238. The third-order valence-corrected chi connectivity index (χ3v) is 5.05. The topological polar surface area (TPSA) is 85.4 Å². The Morgan fingerprint density at radius 3 is 2.39 bits per heavy atom. The summed E-state index contributed by atoms with van der Waals surface area (Å²) in [6.07, 6.45) is -3.13. The van der Waals surface area contributed by atoms with Gasteiger partial charge in [0.25, 0.3) is 0 Å². The molecule has 0 amide bonds. The number of methoxy groups -OCH3 is 1. The van der Waals surface area contributed by atoms with Crippen LogP contribution in [0.15, 0.2) is 65.1 Å². The lowest BCUT2D eigenvalue weighted by Crippen LogP contribution is -2.06. The van der Waals surface area contributed by atoms with E-state index in [1.54, 1.807) is 36.4 Å². The van der Waals surface area contributed by atoms with Crippen LogP contribution in [0, 0.1) is 21.4 Å². The number of ether oxygens (including phenoxy) is 2. The average Bonchev–Trinajstić information content (AvgIpc) is 2.78. The second-order valence-corrected chi connectivity index (χ2v) is 7.46. The Bertz CT molecular complexity index is 1270. The maximum atomic E-state index is 13.0. The summed E-state index contributed by atoms with van der Waals surface area (Å²) >= 11 is 3.31. The average molecular weight is 519 g/mol. The molecule has 33 heavy (non-hydrogen) atoms. The van der Waals surface area contributed by atoms with Crippen molar-refractivity contribution < 1.29 is 27.6 Å². The van der Waals surface area contributed by atoms with Crippen LogP contribution in [0.4, 0.5) is 18.9 Å². The summed E-state index contributed by atoms with van der Waals surface area (Å²) in [6.45, 7) is 0. The molecule has 0 aliphatic heterocycles. The molecule has 0 saturated heterocycles. The highest BCUT2D eigenvalue weighted by atomic mass is 79.9. The van der Waals surface area contributed by atoms with Crippen LogP contribution in [0.3, 0.4) is 0 Å². The van der Waals surface area contributed by atoms with Gasteiger partial charge in [-0.3, -0.25) is 10.1 Å². The molecule has 0 aromatic heterocycles. The van der Waals surface area contributed by atoms with Crippen molar-refractivity contribution >= 4 is 33.3 Å². The summed E-state index contributed by atoms with van der Waals surface area (Å²) in [6, 6.07) is 16.2. The van der Waals surface area contributed by atoms with Crippen LogP contribution >= 0.6 is 15.9 Å². The fourth-order valence-electron chi connectivity index (χ4n) is 2.92. The second kappa shape index (κ2) is 9.75. The van der Waals surface area contributed by atoms with Gasteiger partial charge >= 0.3 is 11.9 Å². The first-order chi connectivity index (χ1) is 15.6. The van der Waals surface area contributed by atoms with Gasteiger partial charge in [-0.05, 0) is 57.4 Å². The molecular weight excluding hydrogens is 505 g/mol. The highest BCUT2D eigenvalue weighted by Gasteiger charge is 2.33. The highest BCUT2D eigenvalue weighted by Crippen LogP contribution is 2.44. The summed E-state index contributed by atoms with van der Waals surface area (Å²) in [5.41, 5.74) is -0.364. The van der Waals surface area contributed by atoms with Gasteiger partial charge in [-0.15, -0.1) is 0 Å². The van der Waals surface area contributed by atoms with Gasteiger partial charge in [-0.1, -0.05) is 30.3 Å². The molecule has 0 spiro atoms. The van der Waals surface area contributed by atoms with Gasteiger partial charge in [0.1, 0.15) is 0 Å². The van der Waals surface area contributed by atoms with E-state index in [4.69, 9.17) is 9.47 Å². The lowest BCUT2D eigenvalue weighted by molar-refractivity contribution is -0.385. The molecule has 0 saturated carbocycles. The Morgan fingerprint density at radius 1 is 1.12 bits per heavy atom. The molecule has 3 aromatic carbocycles. The summed E-state index contributed by atoms with van der Waals surface area (Å²) in [5.74, 6) is -0.219. The number of benzene rings is 3. The number of nitro groups is 1. The Hall–Kier alpha value is -3.84. The minimum atomic E-state index is -4.74. The number of hydrogen-bond donors (Lipinski definition) is 0. The third-order valence-electron chi connectivity index (χ3n) is 4.46. The molecule has 3 aromatic rings. The first-order valence-electron chi connectivity index (χ1n) is 9.22. The van der Waals surface area contributed by atoms with E-state index in [1.807, 2.05) is 6.07 Å². The van der Waals surface area contributed by atoms with E-state index in [-0.39, 0.29) is 11.5 Å². The fourth-order valence-corrected chi connectivity index (χ4v) is 3.46. The van der Waals surface area contributed by atoms with Crippen molar-refractivity contribution in [2.24, 2.45) is 0 Å². The Kier molecular flexibility index (Phi) is 7.04. The molecule has 0 aliphatic carbocycles. The van der Waals surface area contributed by atoms with Crippen molar-refractivity contribution in [2.45, 2.75) is 6.18 Å². The number of hydrogen-bond acceptors (Lipinski definition) is 5. The normalized spacial score (nSPS) is 11.6. The zero-order valence-corrected chi connectivity index (χ0v) is 18.5. The van der Waals surface area contributed by atoms with Crippen molar-refractivity contribution in [2.75, 3.05) is 7.11 Å². The first kappa shape index (κ1) is 23.8. The van der Waals surface area contributed by atoms with Gasteiger partial charge in [-0.2, -0.15) is 18.4 Å². The molecule has 6 nitrogen and oxygen atoms in total.